The second kappa shape index (κ2) is 3.17. The van der Waals surface area contributed by atoms with Gasteiger partial charge in [-0.15, -0.1) is 0 Å². The van der Waals surface area contributed by atoms with Crippen molar-refractivity contribution < 1.29 is 9.90 Å². The smallest absolute Gasteiger partial charge is 0.323 e. The molecule has 0 rings (SSSR count). The molecule has 0 heterocycles. The Bertz CT molecular complexity index is 114. The first-order valence-electron chi connectivity index (χ1n) is 2.59. The summed E-state index contributed by atoms with van der Waals surface area (Å²) < 4.78 is 0. The minimum Gasteiger partial charge on any atom is -0.480 e. The summed E-state index contributed by atoms with van der Waals surface area (Å²) >= 11 is 3.11. The standard InChI is InChI=1S/C5H10BrNO2/c1-5(7,2-3-6)4(8)9/h2-3,7H2,1H3,(H,8,9)/t5-/m0/s1. The Balaban J connectivity index is 3.85. The van der Waals surface area contributed by atoms with Gasteiger partial charge in [-0.05, 0) is 13.3 Å². The molecule has 0 saturated carbocycles. The van der Waals surface area contributed by atoms with Crippen LogP contribution >= 0.6 is 15.9 Å². The van der Waals surface area contributed by atoms with Crippen LogP contribution in [0.3, 0.4) is 0 Å². The van der Waals surface area contributed by atoms with Gasteiger partial charge < -0.3 is 10.8 Å². The highest BCUT2D eigenvalue weighted by Gasteiger charge is 2.26. The van der Waals surface area contributed by atoms with Gasteiger partial charge in [-0.25, -0.2) is 0 Å². The van der Waals surface area contributed by atoms with Crippen LogP contribution in [-0.4, -0.2) is 21.9 Å². The largest absolute Gasteiger partial charge is 0.480 e. The van der Waals surface area contributed by atoms with Crippen LogP contribution in [-0.2, 0) is 4.79 Å². The van der Waals surface area contributed by atoms with E-state index in [0.717, 1.165) is 0 Å². The van der Waals surface area contributed by atoms with Gasteiger partial charge >= 0.3 is 5.97 Å². The lowest BCUT2D eigenvalue weighted by atomic mass is 10.0. The number of halogens is 1. The highest BCUT2D eigenvalue weighted by molar-refractivity contribution is 9.09. The third-order valence-electron chi connectivity index (χ3n) is 1.10. The van der Waals surface area contributed by atoms with E-state index >= 15 is 0 Å². The molecule has 54 valence electrons. The zero-order valence-electron chi connectivity index (χ0n) is 5.22. The molecule has 0 radical (unpaired) electrons. The van der Waals surface area contributed by atoms with Crippen molar-refractivity contribution in [3.63, 3.8) is 0 Å². The topological polar surface area (TPSA) is 63.3 Å². The summed E-state index contributed by atoms with van der Waals surface area (Å²) in [7, 11) is 0. The zero-order valence-corrected chi connectivity index (χ0v) is 6.81. The molecular formula is C5H10BrNO2. The van der Waals surface area contributed by atoms with E-state index in [9.17, 15) is 4.79 Å². The number of carboxylic acids is 1. The van der Waals surface area contributed by atoms with Crippen molar-refractivity contribution in [2.24, 2.45) is 5.73 Å². The maximum absolute atomic E-state index is 10.3. The van der Waals surface area contributed by atoms with Gasteiger partial charge in [0, 0.05) is 5.33 Å². The van der Waals surface area contributed by atoms with Crippen molar-refractivity contribution in [3.8, 4) is 0 Å². The van der Waals surface area contributed by atoms with Gasteiger partial charge in [0.05, 0.1) is 0 Å². The number of alkyl halides is 1. The number of carbonyl (C=O) groups is 1. The van der Waals surface area contributed by atoms with Crippen LogP contribution in [0.25, 0.3) is 0 Å². The van der Waals surface area contributed by atoms with E-state index in [1.54, 1.807) is 0 Å². The lowest BCUT2D eigenvalue weighted by Gasteiger charge is -2.16. The van der Waals surface area contributed by atoms with E-state index in [2.05, 4.69) is 15.9 Å². The summed E-state index contributed by atoms with van der Waals surface area (Å²) in [5.74, 6) is -0.957. The molecule has 0 aromatic heterocycles. The first-order chi connectivity index (χ1) is 4.00. The van der Waals surface area contributed by atoms with Crippen molar-refractivity contribution in [1.82, 2.24) is 0 Å². The summed E-state index contributed by atoms with van der Waals surface area (Å²) in [6.45, 7) is 1.50. The number of carboxylic acid groups (broad SMARTS) is 1. The molecule has 0 saturated heterocycles. The van der Waals surface area contributed by atoms with Gasteiger partial charge in [-0.1, -0.05) is 15.9 Å². The van der Waals surface area contributed by atoms with Crippen LogP contribution in [0.4, 0.5) is 0 Å². The molecule has 0 unspecified atom stereocenters. The predicted molar refractivity (Wildman–Crippen MR) is 38.6 cm³/mol. The molecule has 1 atom stereocenters. The van der Waals surface area contributed by atoms with E-state index in [4.69, 9.17) is 10.8 Å². The van der Waals surface area contributed by atoms with E-state index in [0.29, 0.717) is 11.8 Å². The molecule has 0 aromatic rings. The molecule has 3 N–H and O–H groups in total. The fourth-order valence-corrected chi connectivity index (χ4v) is 1.13. The first kappa shape index (κ1) is 8.91. The SMILES string of the molecule is C[C@](N)(CCBr)C(=O)O. The number of rotatable bonds is 3. The molecule has 4 heteroatoms. The van der Waals surface area contributed by atoms with Crippen LogP contribution < -0.4 is 5.73 Å². The van der Waals surface area contributed by atoms with Gasteiger partial charge in [-0.2, -0.15) is 0 Å². The number of hydrogen-bond acceptors (Lipinski definition) is 2. The Morgan fingerprint density at radius 2 is 2.33 bits per heavy atom. The average Bonchev–Trinajstić information content (AvgIpc) is 1.65. The molecular weight excluding hydrogens is 186 g/mol. The molecule has 3 nitrogen and oxygen atoms in total. The van der Waals surface area contributed by atoms with Crippen LogP contribution in [0, 0.1) is 0 Å². The fourth-order valence-electron chi connectivity index (χ4n) is 0.303. The Morgan fingerprint density at radius 3 is 2.44 bits per heavy atom. The maximum atomic E-state index is 10.3. The highest BCUT2D eigenvalue weighted by Crippen LogP contribution is 2.06. The highest BCUT2D eigenvalue weighted by atomic mass is 79.9. The van der Waals surface area contributed by atoms with Crippen molar-refractivity contribution in [1.29, 1.82) is 0 Å². The number of aliphatic carboxylic acids is 1. The molecule has 9 heavy (non-hydrogen) atoms. The van der Waals surface area contributed by atoms with E-state index in [1.807, 2.05) is 0 Å². The number of hydrogen-bond donors (Lipinski definition) is 2. The Hall–Kier alpha value is -0.0900. The molecule has 0 aromatic carbocycles. The summed E-state index contributed by atoms with van der Waals surface area (Å²) in [5.41, 5.74) is 4.26. The molecule has 0 aliphatic rings. The van der Waals surface area contributed by atoms with Gasteiger partial charge in [0.2, 0.25) is 0 Å². The fraction of sp³-hybridized carbons (Fsp3) is 0.800. The normalized spacial score (nSPS) is 16.8. The molecule has 0 spiro atoms. The molecule has 0 bridgehead atoms. The van der Waals surface area contributed by atoms with Crippen molar-refractivity contribution in [3.05, 3.63) is 0 Å². The third kappa shape index (κ3) is 2.81. The molecule has 0 aliphatic heterocycles. The monoisotopic (exact) mass is 195 g/mol. The van der Waals surface area contributed by atoms with Gasteiger partial charge in [0.25, 0.3) is 0 Å². The molecule has 0 amide bonds. The summed E-state index contributed by atoms with van der Waals surface area (Å²) in [5, 5.41) is 9.04. The predicted octanol–water partition coefficient (Wildman–Crippen LogP) is 0.573. The lowest BCUT2D eigenvalue weighted by Crippen LogP contribution is -2.45. The second-order valence-electron chi connectivity index (χ2n) is 2.16. The maximum Gasteiger partial charge on any atom is 0.323 e. The van der Waals surface area contributed by atoms with E-state index in [1.165, 1.54) is 6.92 Å². The Kier molecular flexibility index (Phi) is 3.14. The summed E-state index contributed by atoms with van der Waals surface area (Å²) in [4.78, 5) is 10.3. The average molecular weight is 196 g/mol. The lowest BCUT2D eigenvalue weighted by molar-refractivity contribution is -0.142. The van der Waals surface area contributed by atoms with Crippen LogP contribution in [0.15, 0.2) is 0 Å². The van der Waals surface area contributed by atoms with Gasteiger partial charge in [0.15, 0.2) is 0 Å². The van der Waals surface area contributed by atoms with Crippen LogP contribution in [0.1, 0.15) is 13.3 Å². The quantitative estimate of drug-likeness (QED) is 0.648. The van der Waals surface area contributed by atoms with Crippen LogP contribution in [0.2, 0.25) is 0 Å². The zero-order chi connectivity index (χ0) is 7.49. The molecule has 0 fully saturated rings. The van der Waals surface area contributed by atoms with Gasteiger partial charge in [0.1, 0.15) is 5.54 Å². The number of nitrogens with two attached hydrogens (primary N) is 1. The van der Waals surface area contributed by atoms with Crippen molar-refractivity contribution >= 4 is 21.9 Å². The second-order valence-corrected chi connectivity index (χ2v) is 2.95. The summed E-state index contributed by atoms with van der Waals surface area (Å²) in [6.07, 6.45) is 0.447. The summed E-state index contributed by atoms with van der Waals surface area (Å²) in [6, 6.07) is 0. The Morgan fingerprint density at radius 1 is 1.89 bits per heavy atom. The van der Waals surface area contributed by atoms with Crippen molar-refractivity contribution in [2.45, 2.75) is 18.9 Å². The van der Waals surface area contributed by atoms with E-state index < -0.39 is 11.5 Å². The first-order valence-corrected chi connectivity index (χ1v) is 3.71. The van der Waals surface area contributed by atoms with Crippen molar-refractivity contribution in [2.75, 3.05) is 5.33 Å². The van der Waals surface area contributed by atoms with Crippen LogP contribution in [0.5, 0.6) is 0 Å². The minimum absolute atomic E-state index is 0.447. The minimum atomic E-state index is -1.08. The Labute approximate surface area is 62.4 Å². The van der Waals surface area contributed by atoms with E-state index in [-0.39, 0.29) is 0 Å². The molecule has 0 aliphatic carbocycles. The van der Waals surface area contributed by atoms with Gasteiger partial charge in [-0.3, -0.25) is 4.79 Å². The third-order valence-corrected chi connectivity index (χ3v) is 1.50.